The molecule has 1 N–H and O–H groups in total. The summed E-state index contributed by atoms with van der Waals surface area (Å²) < 4.78 is 0. The molecule has 88 valence electrons. The molecule has 1 rings (SSSR count). The third-order valence-electron chi connectivity index (χ3n) is 3.07. The van der Waals surface area contributed by atoms with E-state index in [4.69, 9.17) is 0 Å². The van der Waals surface area contributed by atoms with E-state index < -0.39 is 0 Å². The van der Waals surface area contributed by atoms with Crippen molar-refractivity contribution in [3.8, 4) is 0 Å². The quantitative estimate of drug-likeness (QED) is 0.697. The molecule has 2 unspecified atom stereocenters. The van der Waals surface area contributed by atoms with Crippen LogP contribution in [0.4, 0.5) is 0 Å². The van der Waals surface area contributed by atoms with E-state index in [9.17, 15) is 4.79 Å². The molecule has 2 atom stereocenters. The number of piperazine rings is 1. The maximum Gasteiger partial charge on any atom is 0.249 e. The Hall–Kier alpha value is -0.540. The molecule has 15 heavy (non-hydrogen) atoms. The van der Waals surface area contributed by atoms with E-state index in [0.717, 1.165) is 18.7 Å². The van der Waals surface area contributed by atoms with Crippen LogP contribution in [0.1, 0.15) is 27.7 Å². The van der Waals surface area contributed by atoms with Gasteiger partial charge in [0.25, 0.3) is 0 Å². The van der Waals surface area contributed by atoms with Gasteiger partial charge < -0.3 is 10.2 Å². The van der Waals surface area contributed by atoms with Crippen molar-refractivity contribution in [3.63, 3.8) is 0 Å². The fraction of sp³-hybridized carbons (Fsp3) is 0.727. The predicted molar refractivity (Wildman–Crippen MR) is 65.3 cm³/mol. The highest BCUT2D eigenvalue weighted by atomic mass is 35.5. The summed E-state index contributed by atoms with van der Waals surface area (Å²) in [5.41, 5.74) is 0.839. The minimum atomic E-state index is 0. The monoisotopic (exact) mass is 232 g/mol. The Morgan fingerprint density at radius 3 is 2.60 bits per heavy atom. The van der Waals surface area contributed by atoms with Gasteiger partial charge in [-0.2, -0.15) is 0 Å². The van der Waals surface area contributed by atoms with E-state index in [1.54, 1.807) is 0 Å². The van der Waals surface area contributed by atoms with Gasteiger partial charge in [-0.1, -0.05) is 6.08 Å². The summed E-state index contributed by atoms with van der Waals surface area (Å²) in [5, 5.41) is 3.36. The number of amides is 1. The number of hydrogen-bond donors (Lipinski definition) is 1. The third kappa shape index (κ3) is 3.21. The second-order valence-corrected chi connectivity index (χ2v) is 3.95. The largest absolute Gasteiger partial charge is 0.333 e. The fourth-order valence-electron chi connectivity index (χ4n) is 1.69. The molecule has 0 aliphatic carbocycles. The zero-order valence-corrected chi connectivity index (χ0v) is 10.7. The summed E-state index contributed by atoms with van der Waals surface area (Å²) in [4.78, 5) is 13.9. The van der Waals surface area contributed by atoms with E-state index in [1.165, 1.54) is 0 Å². The van der Waals surface area contributed by atoms with Crippen LogP contribution < -0.4 is 5.32 Å². The molecule has 1 aliphatic rings. The van der Waals surface area contributed by atoms with Gasteiger partial charge in [0.15, 0.2) is 0 Å². The van der Waals surface area contributed by atoms with Crippen LogP contribution in [0.5, 0.6) is 0 Å². The van der Waals surface area contributed by atoms with Crippen LogP contribution in [0.15, 0.2) is 11.6 Å². The number of rotatable bonds is 1. The molecule has 1 heterocycles. The lowest BCUT2D eigenvalue weighted by atomic mass is 10.1. The highest BCUT2D eigenvalue weighted by Gasteiger charge is 2.28. The van der Waals surface area contributed by atoms with Gasteiger partial charge in [-0.15, -0.1) is 12.4 Å². The summed E-state index contributed by atoms with van der Waals surface area (Å²) in [6.07, 6.45) is 1.88. The molecule has 0 saturated carbocycles. The van der Waals surface area contributed by atoms with E-state index in [0.29, 0.717) is 6.04 Å². The lowest BCUT2D eigenvalue weighted by Crippen LogP contribution is -2.57. The maximum atomic E-state index is 11.9. The first kappa shape index (κ1) is 14.5. The van der Waals surface area contributed by atoms with Crippen LogP contribution in [0.3, 0.4) is 0 Å². The van der Waals surface area contributed by atoms with Crippen molar-refractivity contribution in [3.05, 3.63) is 11.6 Å². The maximum absolute atomic E-state index is 11.9. The van der Waals surface area contributed by atoms with Crippen LogP contribution in [0.2, 0.25) is 0 Å². The molecule has 3 nitrogen and oxygen atoms in total. The van der Waals surface area contributed by atoms with Gasteiger partial charge in [0.1, 0.15) is 0 Å². The lowest BCUT2D eigenvalue weighted by Gasteiger charge is -2.38. The van der Waals surface area contributed by atoms with Crippen LogP contribution >= 0.6 is 12.4 Å². The SMILES string of the molecule is C/C=C(/C)C(=O)N1CCNC(C)C1C.Cl. The van der Waals surface area contributed by atoms with Crippen molar-refractivity contribution in [1.82, 2.24) is 10.2 Å². The highest BCUT2D eigenvalue weighted by Crippen LogP contribution is 2.12. The smallest absolute Gasteiger partial charge is 0.249 e. The van der Waals surface area contributed by atoms with E-state index in [2.05, 4.69) is 19.2 Å². The van der Waals surface area contributed by atoms with E-state index >= 15 is 0 Å². The fourth-order valence-corrected chi connectivity index (χ4v) is 1.69. The van der Waals surface area contributed by atoms with Crippen molar-refractivity contribution < 1.29 is 4.79 Å². The Labute approximate surface area is 98.3 Å². The van der Waals surface area contributed by atoms with Crippen molar-refractivity contribution in [2.24, 2.45) is 0 Å². The minimum absolute atomic E-state index is 0. The Bertz CT molecular complexity index is 253. The topological polar surface area (TPSA) is 32.3 Å². The number of halogens is 1. The Balaban J connectivity index is 0.00000196. The Morgan fingerprint density at radius 1 is 1.47 bits per heavy atom. The van der Waals surface area contributed by atoms with Crippen LogP contribution in [0, 0.1) is 0 Å². The summed E-state index contributed by atoms with van der Waals surface area (Å²) in [5.74, 6) is 0.174. The Kier molecular flexibility index (Phi) is 5.91. The summed E-state index contributed by atoms with van der Waals surface area (Å²) >= 11 is 0. The van der Waals surface area contributed by atoms with Gasteiger partial charge in [-0.3, -0.25) is 4.79 Å². The first-order chi connectivity index (χ1) is 6.57. The minimum Gasteiger partial charge on any atom is -0.333 e. The average molecular weight is 233 g/mol. The molecule has 0 spiro atoms. The van der Waals surface area contributed by atoms with Crippen molar-refractivity contribution in [1.29, 1.82) is 0 Å². The Morgan fingerprint density at radius 2 is 2.07 bits per heavy atom. The zero-order valence-electron chi connectivity index (χ0n) is 9.91. The number of nitrogens with zero attached hydrogens (tertiary/aromatic N) is 1. The molecule has 0 aromatic rings. The molecule has 0 aromatic carbocycles. The predicted octanol–water partition coefficient (Wildman–Crippen LogP) is 1.58. The third-order valence-corrected chi connectivity index (χ3v) is 3.07. The highest BCUT2D eigenvalue weighted by molar-refractivity contribution is 5.93. The molecule has 0 radical (unpaired) electrons. The zero-order chi connectivity index (χ0) is 10.7. The molecule has 0 bridgehead atoms. The van der Waals surface area contributed by atoms with Gasteiger partial charge in [0.2, 0.25) is 5.91 Å². The number of allylic oxidation sites excluding steroid dienone is 1. The molecular weight excluding hydrogens is 212 g/mol. The van der Waals surface area contributed by atoms with Gasteiger partial charge in [-0.25, -0.2) is 0 Å². The van der Waals surface area contributed by atoms with E-state index in [-0.39, 0.29) is 24.4 Å². The number of carbonyl (C=O) groups is 1. The second kappa shape index (κ2) is 6.13. The van der Waals surface area contributed by atoms with Gasteiger partial charge in [-0.05, 0) is 27.7 Å². The number of carbonyl (C=O) groups excluding carboxylic acids is 1. The van der Waals surface area contributed by atoms with Crippen LogP contribution in [0.25, 0.3) is 0 Å². The first-order valence-corrected chi connectivity index (χ1v) is 5.25. The number of nitrogens with one attached hydrogen (secondary N) is 1. The molecule has 1 saturated heterocycles. The van der Waals surface area contributed by atoms with Crippen molar-refractivity contribution >= 4 is 18.3 Å². The normalized spacial score (nSPS) is 27.2. The molecule has 1 amide bonds. The molecule has 4 heteroatoms. The van der Waals surface area contributed by atoms with Gasteiger partial charge in [0.05, 0.1) is 0 Å². The molecule has 1 fully saturated rings. The first-order valence-electron chi connectivity index (χ1n) is 5.25. The molecule has 0 aromatic heterocycles. The van der Waals surface area contributed by atoms with Crippen molar-refractivity contribution in [2.75, 3.05) is 13.1 Å². The van der Waals surface area contributed by atoms with Crippen molar-refractivity contribution in [2.45, 2.75) is 39.8 Å². The summed E-state index contributed by atoms with van der Waals surface area (Å²) in [6, 6.07) is 0.670. The standard InChI is InChI=1S/C11H20N2O.ClH/c1-5-8(2)11(14)13-7-6-12-9(3)10(13)4;/h5,9-10,12H,6-7H2,1-4H3;1H/b8-5-;. The summed E-state index contributed by atoms with van der Waals surface area (Å²) in [6.45, 7) is 9.71. The average Bonchev–Trinajstić information content (AvgIpc) is 2.20. The second-order valence-electron chi connectivity index (χ2n) is 3.95. The van der Waals surface area contributed by atoms with Gasteiger partial charge in [0, 0.05) is 30.7 Å². The molecular formula is C11H21ClN2O. The summed E-state index contributed by atoms with van der Waals surface area (Å²) in [7, 11) is 0. The molecule has 1 aliphatic heterocycles. The van der Waals surface area contributed by atoms with Crippen LogP contribution in [-0.4, -0.2) is 36.0 Å². The number of hydrogen-bond acceptors (Lipinski definition) is 2. The van der Waals surface area contributed by atoms with Crippen LogP contribution in [-0.2, 0) is 4.79 Å². The lowest BCUT2D eigenvalue weighted by molar-refractivity contribution is -0.130. The van der Waals surface area contributed by atoms with E-state index in [1.807, 2.05) is 24.8 Å². The van der Waals surface area contributed by atoms with Gasteiger partial charge >= 0.3 is 0 Å².